The third-order valence-corrected chi connectivity index (χ3v) is 6.30. The number of fused-ring (bicyclic) bond motifs is 2. The highest BCUT2D eigenvalue weighted by Gasteiger charge is 2.19. The van der Waals surface area contributed by atoms with Crippen molar-refractivity contribution in [3.63, 3.8) is 0 Å². The predicted octanol–water partition coefficient (Wildman–Crippen LogP) is 6.79. The molecule has 154 valence electrons. The van der Waals surface area contributed by atoms with Crippen molar-refractivity contribution in [2.75, 3.05) is 0 Å². The van der Waals surface area contributed by atoms with Crippen LogP contribution in [0, 0.1) is 11.8 Å². The zero-order valence-corrected chi connectivity index (χ0v) is 18.4. The predicted molar refractivity (Wildman–Crippen MR) is 128 cm³/mol. The molecule has 3 aromatic carbocycles. The molecule has 1 aromatic heterocycles. The molecule has 0 saturated heterocycles. The fourth-order valence-electron chi connectivity index (χ4n) is 5.00. The molecular formula is C28H31NO. The Morgan fingerprint density at radius 3 is 1.70 bits per heavy atom. The number of nitrogens with zero attached hydrogens (tertiary/aromatic N) is 1. The lowest BCUT2D eigenvalue weighted by Crippen LogP contribution is -2.14. The fourth-order valence-corrected chi connectivity index (χ4v) is 5.00. The Morgan fingerprint density at radius 2 is 1.20 bits per heavy atom. The summed E-state index contributed by atoms with van der Waals surface area (Å²) in [5, 5.41) is 1.59. The van der Waals surface area contributed by atoms with Crippen molar-refractivity contribution in [3.05, 3.63) is 94.1 Å². The van der Waals surface area contributed by atoms with Crippen LogP contribution in [0.3, 0.4) is 0 Å². The van der Waals surface area contributed by atoms with Crippen LogP contribution < -0.4 is 5.43 Å². The summed E-state index contributed by atoms with van der Waals surface area (Å²) in [5.41, 5.74) is 4.91. The van der Waals surface area contributed by atoms with Crippen LogP contribution in [0.2, 0.25) is 0 Å². The molecule has 0 radical (unpaired) electrons. The second kappa shape index (κ2) is 8.47. The van der Waals surface area contributed by atoms with Crippen LogP contribution in [-0.4, -0.2) is 4.57 Å². The second-order valence-corrected chi connectivity index (χ2v) is 9.02. The van der Waals surface area contributed by atoms with E-state index in [9.17, 15) is 4.79 Å². The van der Waals surface area contributed by atoms with Gasteiger partial charge in [-0.2, -0.15) is 0 Å². The van der Waals surface area contributed by atoms with Crippen LogP contribution in [-0.2, 0) is 13.0 Å². The van der Waals surface area contributed by atoms with E-state index in [1.165, 1.54) is 11.1 Å². The van der Waals surface area contributed by atoms with E-state index in [0.717, 1.165) is 34.8 Å². The molecular weight excluding hydrogens is 366 g/mol. The van der Waals surface area contributed by atoms with Crippen molar-refractivity contribution < 1.29 is 0 Å². The Labute approximate surface area is 179 Å². The minimum atomic E-state index is 0.121. The van der Waals surface area contributed by atoms with Crippen LogP contribution in [0.1, 0.15) is 44.7 Å². The standard InChI is InChI=1S/C28H31NO/c1-19(2)27(20(3)4)22-15-13-21(14-16-22)17-18-29-25-11-7-5-9-23(25)28(30)24-10-6-8-12-26(24)29/h5-16,19-20,27H,17-18H2,1-4H3. The molecule has 0 aliphatic carbocycles. The summed E-state index contributed by atoms with van der Waals surface area (Å²) in [5.74, 6) is 1.86. The molecule has 0 aliphatic heterocycles. The second-order valence-electron chi connectivity index (χ2n) is 9.02. The summed E-state index contributed by atoms with van der Waals surface area (Å²) >= 11 is 0. The van der Waals surface area contributed by atoms with E-state index in [1.54, 1.807) is 0 Å². The first kappa shape index (κ1) is 20.4. The monoisotopic (exact) mass is 397 g/mol. The third-order valence-electron chi connectivity index (χ3n) is 6.30. The molecule has 4 rings (SSSR count). The number of hydrogen-bond acceptors (Lipinski definition) is 1. The molecule has 4 aromatic rings. The van der Waals surface area contributed by atoms with Gasteiger partial charge in [-0.05, 0) is 59.6 Å². The maximum absolute atomic E-state index is 12.9. The van der Waals surface area contributed by atoms with Gasteiger partial charge in [0.05, 0.1) is 11.0 Å². The summed E-state index contributed by atoms with van der Waals surface area (Å²) < 4.78 is 2.30. The molecule has 0 unspecified atom stereocenters. The van der Waals surface area contributed by atoms with Gasteiger partial charge >= 0.3 is 0 Å². The lowest BCUT2D eigenvalue weighted by molar-refractivity contribution is 0.388. The fraction of sp³-hybridized carbons (Fsp3) is 0.321. The lowest BCUT2D eigenvalue weighted by atomic mass is 9.80. The van der Waals surface area contributed by atoms with Gasteiger partial charge in [0.25, 0.3) is 0 Å². The number of benzene rings is 3. The maximum Gasteiger partial charge on any atom is 0.197 e. The molecule has 0 aliphatic rings. The summed E-state index contributed by atoms with van der Waals surface area (Å²) in [6, 6.07) is 25.1. The first-order chi connectivity index (χ1) is 14.5. The Kier molecular flexibility index (Phi) is 5.76. The summed E-state index contributed by atoms with van der Waals surface area (Å²) in [6.45, 7) is 10.1. The molecule has 2 heteroatoms. The Bertz CT molecular complexity index is 1150. The van der Waals surface area contributed by atoms with E-state index >= 15 is 0 Å². The number of aromatic nitrogens is 1. The van der Waals surface area contributed by atoms with Gasteiger partial charge in [0.1, 0.15) is 0 Å². The Hall–Kier alpha value is -2.87. The largest absolute Gasteiger partial charge is 0.340 e. The number of hydrogen-bond donors (Lipinski definition) is 0. The van der Waals surface area contributed by atoms with Gasteiger partial charge in [0.2, 0.25) is 0 Å². The van der Waals surface area contributed by atoms with Crippen LogP contribution in [0.15, 0.2) is 77.6 Å². The van der Waals surface area contributed by atoms with E-state index in [-0.39, 0.29) is 5.43 Å². The molecule has 0 fully saturated rings. The number of aryl methyl sites for hydroxylation is 2. The number of pyridine rings is 1. The zero-order valence-electron chi connectivity index (χ0n) is 18.4. The smallest absolute Gasteiger partial charge is 0.197 e. The Morgan fingerprint density at radius 1 is 0.700 bits per heavy atom. The normalized spacial score (nSPS) is 12.0. The van der Waals surface area contributed by atoms with Crippen LogP contribution in [0.4, 0.5) is 0 Å². The molecule has 30 heavy (non-hydrogen) atoms. The van der Waals surface area contributed by atoms with Crippen LogP contribution >= 0.6 is 0 Å². The highest BCUT2D eigenvalue weighted by Crippen LogP contribution is 2.32. The van der Waals surface area contributed by atoms with Gasteiger partial charge < -0.3 is 4.57 Å². The molecule has 0 atom stereocenters. The molecule has 0 saturated carbocycles. The van der Waals surface area contributed by atoms with Crippen molar-refractivity contribution in [2.24, 2.45) is 11.8 Å². The SMILES string of the molecule is CC(C)C(c1ccc(CCn2c3ccccc3c(=O)c3ccccc32)cc1)C(C)C. The van der Waals surface area contributed by atoms with Crippen molar-refractivity contribution in [2.45, 2.75) is 46.6 Å². The van der Waals surface area contributed by atoms with Gasteiger partial charge in [0.15, 0.2) is 5.43 Å². The first-order valence-electron chi connectivity index (χ1n) is 11.1. The lowest BCUT2D eigenvalue weighted by Gasteiger charge is -2.25. The molecule has 0 N–H and O–H groups in total. The van der Waals surface area contributed by atoms with Crippen LogP contribution in [0.5, 0.6) is 0 Å². The minimum Gasteiger partial charge on any atom is -0.340 e. The highest BCUT2D eigenvalue weighted by atomic mass is 16.1. The van der Waals surface area contributed by atoms with Gasteiger partial charge in [-0.3, -0.25) is 4.79 Å². The highest BCUT2D eigenvalue weighted by molar-refractivity contribution is 5.93. The molecule has 0 spiro atoms. The number of para-hydroxylation sites is 2. The number of rotatable bonds is 6. The summed E-state index contributed by atoms with van der Waals surface area (Å²) in [4.78, 5) is 12.9. The molecule has 0 amide bonds. The van der Waals surface area contributed by atoms with Gasteiger partial charge in [-0.25, -0.2) is 0 Å². The average Bonchev–Trinajstić information content (AvgIpc) is 2.74. The molecule has 1 heterocycles. The summed E-state index contributed by atoms with van der Waals surface area (Å²) in [7, 11) is 0. The topological polar surface area (TPSA) is 22.0 Å². The first-order valence-corrected chi connectivity index (χ1v) is 11.1. The van der Waals surface area contributed by atoms with E-state index < -0.39 is 0 Å². The minimum absolute atomic E-state index is 0.121. The quantitative estimate of drug-likeness (QED) is 0.328. The maximum atomic E-state index is 12.9. The van der Waals surface area contributed by atoms with Crippen molar-refractivity contribution in [1.29, 1.82) is 0 Å². The third kappa shape index (κ3) is 3.79. The molecule has 2 nitrogen and oxygen atoms in total. The van der Waals surface area contributed by atoms with Crippen molar-refractivity contribution in [3.8, 4) is 0 Å². The summed E-state index contributed by atoms with van der Waals surface area (Å²) in [6.07, 6.45) is 0.936. The van der Waals surface area contributed by atoms with E-state index in [2.05, 4.69) is 68.7 Å². The zero-order chi connectivity index (χ0) is 21.3. The van der Waals surface area contributed by atoms with Crippen LogP contribution in [0.25, 0.3) is 21.8 Å². The van der Waals surface area contributed by atoms with E-state index in [4.69, 9.17) is 0 Å². The van der Waals surface area contributed by atoms with Gasteiger partial charge in [-0.15, -0.1) is 0 Å². The van der Waals surface area contributed by atoms with E-state index in [0.29, 0.717) is 17.8 Å². The average molecular weight is 398 g/mol. The van der Waals surface area contributed by atoms with E-state index in [1.807, 2.05) is 36.4 Å². The van der Waals surface area contributed by atoms with Gasteiger partial charge in [-0.1, -0.05) is 76.2 Å². The van der Waals surface area contributed by atoms with Crippen molar-refractivity contribution >= 4 is 21.8 Å². The van der Waals surface area contributed by atoms with Crippen molar-refractivity contribution in [1.82, 2.24) is 4.57 Å². The van der Waals surface area contributed by atoms with Gasteiger partial charge in [0, 0.05) is 17.3 Å². The Balaban J connectivity index is 1.67. The molecule has 0 bridgehead atoms.